The van der Waals surface area contributed by atoms with Crippen molar-refractivity contribution in [2.75, 3.05) is 26.7 Å². The summed E-state index contributed by atoms with van der Waals surface area (Å²) >= 11 is 1.39. The van der Waals surface area contributed by atoms with Gasteiger partial charge >= 0.3 is 0 Å². The summed E-state index contributed by atoms with van der Waals surface area (Å²) < 4.78 is 0.884. The molecule has 3 aromatic rings. The Morgan fingerprint density at radius 1 is 1.15 bits per heavy atom. The van der Waals surface area contributed by atoms with Crippen molar-refractivity contribution in [1.82, 2.24) is 9.80 Å². The van der Waals surface area contributed by atoms with Crippen LogP contribution in [0.2, 0.25) is 0 Å². The molecule has 0 saturated carbocycles. The van der Waals surface area contributed by atoms with Gasteiger partial charge in [-0.2, -0.15) is 0 Å². The van der Waals surface area contributed by atoms with Crippen LogP contribution in [0.5, 0.6) is 0 Å². The molecule has 7 heteroatoms. The topological polar surface area (TPSA) is 66.7 Å². The van der Waals surface area contributed by atoms with Crippen LogP contribution in [0.25, 0.3) is 10.1 Å². The lowest BCUT2D eigenvalue weighted by Gasteiger charge is -2.40. The van der Waals surface area contributed by atoms with Crippen LogP contribution >= 0.6 is 11.3 Å². The molecule has 0 radical (unpaired) electrons. The van der Waals surface area contributed by atoms with Crippen molar-refractivity contribution in [2.45, 2.75) is 6.04 Å². The Labute approximate surface area is 160 Å². The number of piperazine rings is 1. The predicted octanol–water partition coefficient (Wildman–Crippen LogP) is 3.94. The van der Waals surface area contributed by atoms with Gasteiger partial charge in [-0.1, -0.05) is 30.3 Å². The molecule has 0 bridgehead atoms. The van der Waals surface area contributed by atoms with Gasteiger partial charge in [0.15, 0.2) is 0 Å². The number of non-ortho nitro benzene ring substituents is 1. The minimum absolute atomic E-state index is 0.00278. The van der Waals surface area contributed by atoms with E-state index in [1.165, 1.54) is 23.5 Å². The number of amides is 1. The molecule has 2 aromatic carbocycles. The molecule has 1 amide bonds. The number of carbonyl (C=O) groups excluding carboxylic acids is 1. The number of likely N-dealkylation sites (N-methyl/N-ethyl adjacent to an activating group) is 1. The Bertz CT molecular complexity index is 1000. The third-order valence-corrected chi connectivity index (χ3v) is 6.05. The maximum atomic E-state index is 13.3. The number of rotatable bonds is 3. The zero-order valence-electron chi connectivity index (χ0n) is 14.9. The van der Waals surface area contributed by atoms with Crippen LogP contribution < -0.4 is 0 Å². The molecule has 27 heavy (non-hydrogen) atoms. The first kappa shape index (κ1) is 17.6. The Kier molecular flexibility index (Phi) is 4.63. The standard InChI is InChI=1S/C20H19N3O3S/c1-21-9-10-22(17(13-21)14-5-3-2-4-6-14)20(24)19-12-15-11-16(23(25)26)7-8-18(15)27-19/h2-8,11-12,17H,9-10,13H2,1H3. The van der Waals surface area contributed by atoms with E-state index in [0.717, 1.165) is 28.7 Å². The zero-order valence-corrected chi connectivity index (χ0v) is 15.7. The Morgan fingerprint density at radius 3 is 2.67 bits per heavy atom. The van der Waals surface area contributed by atoms with Gasteiger partial charge < -0.3 is 9.80 Å². The van der Waals surface area contributed by atoms with E-state index >= 15 is 0 Å². The molecular weight excluding hydrogens is 362 g/mol. The average molecular weight is 381 g/mol. The van der Waals surface area contributed by atoms with Crippen molar-refractivity contribution in [2.24, 2.45) is 0 Å². The fourth-order valence-electron chi connectivity index (χ4n) is 3.51. The van der Waals surface area contributed by atoms with Gasteiger partial charge in [-0.15, -0.1) is 11.3 Å². The number of nitro benzene ring substituents is 1. The number of hydrogen-bond acceptors (Lipinski definition) is 5. The molecule has 1 unspecified atom stereocenters. The average Bonchev–Trinajstić information content (AvgIpc) is 3.11. The molecule has 138 valence electrons. The molecule has 0 spiro atoms. The second-order valence-electron chi connectivity index (χ2n) is 6.78. The molecular formula is C20H19N3O3S. The third-order valence-electron chi connectivity index (χ3n) is 4.95. The first-order valence-corrected chi connectivity index (χ1v) is 9.57. The lowest BCUT2D eigenvalue weighted by Crippen LogP contribution is -2.49. The largest absolute Gasteiger partial charge is 0.328 e. The van der Waals surface area contributed by atoms with Crippen LogP contribution in [-0.2, 0) is 0 Å². The summed E-state index contributed by atoms with van der Waals surface area (Å²) in [5.41, 5.74) is 1.16. The van der Waals surface area contributed by atoms with E-state index in [0.29, 0.717) is 11.4 Å². The smallest absolute Gasteiger partial charge is 0.270 e. The van der Waals surface area contributed by atoms with Crippen LogP contribution in [0.1, 0.15) is 21.3 Å². The number of hydrogen-bond donors (Lipinski definition) is 0. The van der Waals surface area contributed by atoms with Gasteiger partial charge in [0.1, 0.15) is 0 Å². The second kappa shape index (κ2) is 7.09. The summed E-state index contributed by atoms with van der Waals surface area (Å²) in [7, 11) is 2.07. The number of nitrogens with zero attached hydrogens (tertiary/aromatic N) is 3. The number of thiophene rings is 1. The van der Waals surface area contributed by atoms with Crippen LogP contribution in [0.15, 0.2) is 54.6 Å². The van der Waals surface area contributed by atoms with E-state index in [4.69, 9.17) is 0 Å². The van der Waals surface area contributed by atoms with Crippen molar-refractivity contribution >= 4 is 33.0 Å². The number of fused-ring (bicyclic) bond motifs is 1. The number of benzene rings is 2. The van der Waals surface area contributed by atoms with Gasteiger partial charge in [0, 0.05) is 41.9 Å². The fourth-order valence-corrected chi connectivity index (χ4v) is 4.51. The first-order chi connectivity index (χ1) is 13.0. The van der Waals surface area contributed by atoms with E-state index in [9.17, 15) is 14.9 Å². The summed E-state index contributed by atoms with van der Waals surface area (Å²) in [6, 6.07) is 16.6. The third kappa shape index (κ3) is 3.43. The molecule has 0 aliphatic carbocycles. The van der Waals surface area contributed by atoms with Crippen molar-refractivity contribution in [3.8, 4) is 0 Å². The monoisotopic (exact) mass is 381 g/mol. The van der Waals surface area contributed by atoms with E-state index in [1.54, 1.807) is 12.1 Å². The van der Waals surface area contributed by atoms with Crippen molar-refractivity contribution in [3.05, 3.63) is 75.2 Å². The normalized spacial score (nSPS) is 18.0. The summed E-state index contributed by atoms with van der Waals surface area (Å²) in [6.45, 7) is 2.26. The Balaban J connectivity index is 1.67. The Morgan fingerprint density at radius 2 is 1.93 bits per heavy atom. The Hall–Kier alpha value is -2.77. The SMILES string of the molecule is CN1CCN(C(=O)c2cc3cc([N+](=O)[O-])ccc3s2)C(c2ccccc2)C1. The fraction of sp³-hybridized carbons (Fsp3) is 0.250. The van der Waals surface area contributed by atoms with E-state index in [1.807, 2.05) is 23.1 Å². The van der Waals surface area contributed by atoms with E-state index < -0.39 is 4.92 Å². The summed E-state index contributed by atoms with van der Waals surface area (Å²) in [5.74, 6) is -0.0131. The summed E-state index contributed by atoms with van der Waals surface area (Å²) in [5, 5.41) is 11.7. The van der Waals surface area contributed by atoms with Gasteiger partial charge in [-0.25, -0.2) is 0 Å². The lowest BCUT2D eigenvalue weighted by atomic mass is 10.0. The highest BCUT2D eigenvalue weighted by Gasteiger charge is 2.31. The van der Waals surface area contributed by atoms with Gasteiger partial charge in [0.25, 0.3) is 11.6 Å². The molecule has 2 heterocycles. The second-order valence-corrected chi connectivity index (χ2v) is 7.86. The number of carbonyl (C=O) groups is 1. The van der Waals surface area contributed by atoms with Gasteiger partial charge in [-0.3, -0.25) is 14.9 Å². The van der Waals surface area contributed by atoms with Crippen molar-refractivity contribution in [1.29, 1.82) is 0 Å². The van der Waals surface area contributed by atoms with Crippen LogP contribution in [0.4, 0.5) is 5.69 Å². The quantitative estimate of drug-likeness (QED) is 0.509. The summed E-state index contributed by atoms with van der Waals surface area (Å²) in [4.78, 5) is 28.6. The molecule has 1 fully saturated rings. The van der Waals surface area contributed by atoms with Gasteiger partial charge in [-0.05, 0) is 24.7 Å². The zero-order chi connectivity index (χ0) is 19.0. The highest BCUT2D eigenvalue weighted by Crippen LogP contribution is 2.32. The highest BCUT2D eigenvalue weighted by atomic mass is 32.1. The van der Waals surface area contributed by atoms with Crippen molar-refractivity contribution in [3.63, 3.8) is 0 Å². The van der Waals surface area contributed by atoms with E-state index in [2.05, 4.69) is 24.1 Å². The highest BCUT2D eigenvalue weighted by molar-refractivity contribution is 7.20. The maximum Gasteiger partial charge on any atom is 0.270 e. The van der Waals surface area contributed by atoms with Gasteiger partial charge in [0.2, 0.25) is 0 Å². The molecule has 1 saturated heterocycles. The first-order valence-electron chi connectivity index (χ1n) is 8.75. The predicted molar refractivity (Wildman–Crippen MR) is 106 cm³/mol. The molecule has 1 aromatic heterocycles. The summed E-state index contributed by atoms with van der Waals surface area (Å²) in [6.07, 6.45) is 0. The minimum Gasteiger partial charge on any atom is -0.328 e. The molecule has 0 N–H and O–H groups in total. The minimum atomic E-state index is -0.412. The van der Waals surface area contributed by atoms with Crippen LogP contribution in [0, 0.1) is 10.1 Å². The molecule has 1 aliphatic rings. The lowest BCUT2D eigenvalue weighted by molar-refractivity contribution is -0.384. The number of nitro groups is 1. The van der Waals surface area contributed by atoms with Gasteiger partial charge in [0.05, 0.1) is 15.8 Å². The molecule has 1 aliphatic heterocycles. The molecule has 6 nitrogen and oxygen atoms in total. The maximum absolute atomic E-state index is 13.3. The molecule has 1 atom stereocenters. The molecule has 4 rings (SSSR count). The van der Waals surface area contributed by atoms with Crippen LogP contribution in [-0.4, -0.2) is 47.3 Å². The van der Waals surface area contributed by atoms with Crippen molar-refractivity contribution < 1.29 is 9.72 Å². The van der Waals surface area contributed by atoms with E-state index in [-0.39, 0.29) is 17.6 Å². The van der Waals surface area contributed by atoms with Crippen LogP contribution in [0.3, 0.4) is 0 Å².